The fourth-order valence-electron chi connectivity index (χ4n) is 12.3. The summed E-state index contributed by atoms with van der Waals surface area (Å²) in [7, 11) is -7.26. The topological polar surface area (TPSA) is 355 Å². The van der Waals surface area contributed by atoms with Crippen LogP contribution in [0.1, 0.15) is 58.6 Å². The molecule has 12 heterocycles. The molecule has 6 atom stereocenters. The summed E-state index contributed by atoms with van der Waals surface area (Å²) in [5.74, 6) is 0. The van der Waals surface area contributed by atoms with E-state index in [9.17, 15) is 32.6 Å². The summed E-state index contributed by atoms with van der Waals surface area (Å²) < 4.78 is 67.2. The lowest BCUT2D eigenvalue weighted by Crippen LogP contribution is -2.55. The maximum Gasteiger partial charge on any atom is 0.276 e. The number of piperazine rings is 3. The van der Waals surface area contributed by atoms with Crippen LogP contribution in [0.5, 0.6) is 0 Å². The molecule has 12 rings (SSSR count). The number of nitrogens with one attached hydrogen (secondary N) is 1. The summed E-state index contributed by atoms with van der Waals surface area (Å²) in [6, 6.07) is 17.9. The summed E-state index contributed by atoms with van der Waals surface area (Å²) in [5.41, 5.74) is 5.31. The molecule has 0 amide bonds. The van der Waals surface area contributed by atoms with Gasteiger partial charge in [-0.05, 0) is 77.9 Å². The highest BCUT2D eigenvalue weighted by atomic mass is 32.2. The number of hydrogen-bond donors (Lipinski definition) is 4. The first-order chi connectivity index (χ1) is 43.4. The van der Waals surface area contributed by atoms with Gasteiger partial charge in [0.05, 0.1) is 77.9 Å². The third kappa shape index (κ3) is 18.6. The predicted molar refractivity (Wildman–Crippen MR) is 346 cm³/mol. The van der Waals surface area contributed by atoms with Crippen molar-refractivity contribution in [2.45, 2.75) is 83.8 Å². The number of pyridine rings is 6. The highest BCUT2D eigenvalue weighted by molar-refractivity contribution is 7.87. The molecule has 30 heteroatoms. The largest absolute Gasteiger partial charge is 0.391 e. The second-order valence-electron chi connectivity index (χ2n) is 24.6. The Morgan fingerprint density at radius 1 is 0.505 bits per heavy atom. The van der Waals surface area contributed by atoms with Crippen molar-refractivity contribution in [1.29, 1.82) is 15.8 Å². The molecule has 6 fully saturated rings. The van der Waals surface area contributed by atoms with Gasteiger partial charge in [-0.25, -0.2) is 25.2 Å². The maximum absolute atomic E-state index is 11.5. The highest BCUT2D eigenvalue weighted by Gasteiger charge is 2.34. The third-order valence-electron chi connectivity index (χ3n) is 16.2. The third-order valence-corrected chi connectivity index (χ3v) is 18.3. The Kier molecular flexibility index (Phi) is 23.0. The molecule has 6 aliphatic rings. The molecule has 0 bridgehead atoms. The lowest BCUT2D eigenvalue weighted by atomic mass is 10.1. The first kappa shape index (κ1) is 68.3. The highest BCUT2D eigenvalue weighted by Crippen LogP contribution is 2.32. The van der Waals surface area contributed by atoms with E-state index in [0.717, 1.165) is 79.0 Å². The number of nitriles is 3. The lowest BCUT2D eigenvalue weighted by Gasteiger charge is -2.41. The van der Waals surface area contributed by atoms with Crippen LogP contribution in [-0.4, -0.2) is 255 Å². The molecule has 0 radical (unpaired) electrons. The molecule has 6 N–H and O–H groups in total. The number of fused-ring (bicyclic) bond motifs is 3. The summed E-state index contributed by atoms with van der Waals surface area (Å²) in [5, 5.41) is 53.1. The standard InChI is InChI=1S/2C19H25N7O3S.C19H24N6O.C4H10O/c2*1-14-11-25(18-10-23-17(9-20)19-16(18)3-2-4-22-19)13-15(29-14)12-24-5-7-26(8-6-24)30(21,27)28;1-14-11-25(13-15(26-14)12-24-7-5-21-6-8-24)18-10-23-17(9-20)19-16(18)3-2-4-22-19;1-4(2,3)5/h2*2-4,10,14-15H,5-8,11-13H2,1H3,(H2,21,27,28);2-4,10,14-15,21H,5-8,11-13H2,1H3;5H,1-3H3/t3*14-,15+;/m111./s1. The fraction of sp³-hybridized carbons (Fsp3) is 0.557. The van der Waals surface area contributed by atoms with Crippen molar-refractivity contribution >= 4 is 70.2 Å². The Morgan fingerprint density at radius 2 is 0.791 bits per heavy atom. The SMILES string of the molecule is CC(C)(C)O.C[C@@H]1CN(c2cnc(C#N)c3ncccc23)C[C@H](CN2CCN(S(N)(=O)=O)CC2)O1.C[C@@H]1CN(c2cnc(C#N)c3ncccc23)C[C@H](CN2CCN(S(N)(=O)=O)CC2)O1.C[C@@H]1CN(c2cnc(C#N)c3ncccc23)C[C@H](CN2CCNCC2)O1. The van der Waals surface area contributed by atoms with Gasteiger partial charge in [-0.3, -0.25) is 29.7 Å². The number of aliphatic hydroxyl groups is 1. The monoisotopic (exact) mass is 1290 g/mol. The zero-order valence-electron chi connectivity index (χ0n) is 52.6. The van der Waals surface area contributed by atoms with Gasteiger partial charge in [-0.1, -0.05) is 0 Å². The average Bonchev–Trinajstić information content (AvgIpc) is 0.926. The van der Waals surface area contributed by atoms with Crippen molar-refractivity contribution in [3.8, 4) is 18.2 Å². The predicted octanol–water partition coefficient (Wildman–Crippen LogP) is 1.61. The number of anilines is 3. The number of rotatable bonds is 11. The van der Waals surface area contributed by atoms with Crippen LogP contribution in [0.25, 0.3) is 32.7 Å². The van der Waals surface area contributed by atoms with E-state index in [1.807, 2.05) is 56.4 Å². The Hall–Kier alpha value is -7.03. The molecule has 0 saturated carbocycles. The van der Waals surface area contributed by atoms with Crippen LogP contribution < -0.4 is 30.3 Å². The van der Waals surface area contributed by atoms with Gasteiger partial charge in [0.2, 0.25) is 0 Å². The van der Waals surface area contributed by atoms with E-state index in [1.54, 1.807) is 51.8 Å². The molecule has 6 aromatic rings. The van der Waals surface area contributed by atoms with E-state index in [-0.39, 0.29) is 36.6 Å². The van der Waals surface area contributed by atoms with E-state index in [4.69, 9.17) is 29.6 Å². The van der Waals surface area contributed by atoms with Gasteiger partial charge in [0.25, 0.3) is 20.4 Å². The fourth-order valence-corrected chi connectivity index (χ4v) is 13.6. The molecule has 488 valence electrons. The van der Waals surface area contributed by atoms with Crippen molar-refractivity contribution < 1.29 is 36.2 Å². The molecular weight excluding hydrogens is 1200 g/mol. The van der Waals surface area contributed by atoms with Gasteiger partial charge in [0, 0.05) is 172 Å². The molecule has 0 spiro atoms. The van der Waals surface area contributed by atoms with Gasteiger partial charge >= 0.3 is 0 Å². The summed E-state index contributed by atoms with van der Waals surface area (Å²) in [4.78, 5) is 39.7. The Morgan fingerprint density at radius 3 is 1.07 bits per heavy atom. The van der Waals surface area contributed by atoms with E-state index in [1.165, 1.54) is 8.61 Å². The number of nitrogens with zero attached hydrogens (tertiary/aromatic N) is 17. The van der Waals surface area contributed by atoms with Crippen LogP contribution in [-0.2, 0) is 34.6 Å². The van der Waals surface area contributed by atoms with Crippen molar-refractivity contribution in [1.82, 2.24) is 58.5 Å². The normalized spacial score (nSPS) is 23.6. The zero-order chi connectivity index (χ0) is 65.0. The van der Waals surface area contributed by atoms with E-state index >= 15 is 0 Å². The van der Waals surface area contributed by atoms with Crippen LogP contribution in [0, 0.1) is 34.0 Å². The van der Waals surface area contributed by atoms with Crippen LogP contribution >= 0.6 is 0 Å². The molecule has 0 aromatic carbocycles. The van der Waals surface area contributed by atoms with Crippen LogP contribution in [0.15, 0.2) is 73.6 Å². The first-order valence-corrected chi connectivity index (χ1v) is 33.7. The summed E-state index contributed by atoms with van der Waals surface area (Å²) >= 11 is 0. The van der Waals surface area contributed by atoms with Crippen molar-refractivity contribution in [2.75, 3.05) is 152 Å². The van der Waals surface area contributed by atoms with Crippen LogP contribution in [0.3, 0.4) is 0 Å². The number of nitrogens with two attached hydrogens (primary N) is 2. The number of ether oxygens (including phenoxy) is 3. The lowest BCUT2D eigenvalue weighted by molar-refractivity contribution is -0.0356. The Balaban J connectivity index is 0.000000156. The number of hydrogen-bond acceptors (Lipinski definition) is 24. The van der Waals surface area contributed by atoms with Crippen LogP contribution in [0.4, 0.5) is 17.1 Å². The minimum absolute atomic E-state index is 0.0248. The summed E-state index contributed by atoms with van der Waals surface area (Å²) in [6.07, 6.45) is 10.6. The molecular formula is C61H84N20O8S2. The van der Waals surface area contributed by atoms with Gasteiger partial charge in [0.1, 0.15) is 34.8 Å². The quantitative estimate of drug-likeness (QED) is 0.143. The molecule has 0 aliphatic carbocycles. The smallest absolute Gasteiger partial charge is 0.276 e. The molecule has 6 aliphatic heterocycles. The maximum atomic E-state index is 11.5. The Labute approximate surface area is 533 Å². The Bertz CT molecular complexity index is 3630. The first-order valence-electron chi connectivity index (χ1n) is 30.7. The second-order valence-corrected chi connectivity index (χ2v) is 27.7. The minimum atomic E-state index is -3.63. The van der Waals surface area contributed by atoms with Gasteiger partial charge in [0.15, 0.2) is 17.1 Å². The average molecular weight is 1290 g/mol. The molecule has 6 aromatic heterocycles. The van der Waals surface area contributed by atoms with Gasteiger partial charge < -0.3 is 39.3 Å². The van der Waals surface area contributed by atoms with E-state index in [0.29, 0.717) is 125 Å². The van der Waals surface area contributed by atoms with Crippen molar-refractivity contribution in [3.63, 3.8) is 0 Å². The zero-order valence-corrected chi connectivity index (χ0v) is 54.3. The van der Waals surface area contributed by atoms with Crippen LogP contribution in [0.2, 0.25) is 0 Å². The minimum Gasteiger partial charge on any atom is -0.391 e. The van der Waals surface area contributed by atoms with E-state index < -0.39 is 26.0 Å². The summed E-state index contributed by atoms with van der Waals surface area (Å²) in [6.45, 7) is 26.5. The number of aromatic nitrogens is 6. The molecule has 6 saturated heterocycles. The van der Waals surface area contributed by atoms with Gasteiger partial charge in [-0.2, -0.15) is 41.2 Å². The number of morpholine rings is 3. The molecule has 0 unspecified atom stereocenters. The van der Waals surface area contributed by atoms with Crippen molar-refractivity contribution in [2.24, 2.45) is 10.3 Å². The molecule has 91 heavy (non-hydrogen) atoms. The second kappa shape index (κ2) is 30.6. The molecule has 28 nitrogen and oxygen atoms in total. The van der Waals surface area contributed by atoms with E-state index in [2.05, 4.69) is 89.8 Å². The van der Waals surface area contributed by atoms with Crippen molar-refractivity contribution in [3.05, 3.63) is 90.7 Å². The van der Waals surface area contributed by atoms with Gasteiger partial charge in [-0.15, -0.1) is 0 Å².